The van der Waals surface area contributed by atoms with E-state index >= 15 is 0 Å². The van der Waals surface area contributed by atoms with Crippen LogP contribution in [0.25, 0.3) is 0 Å². The van der Waals surface area contributed by atoms with E-state index in [2.05, 4.69) is 9.88 Å². The Morgan fingerprint density at radius 2 is 1.79 bits per heavy atom. The lowest BCUT2D eigenvalue weighted by molar-refractivity contribution is -0.141. The van der Waals surface area contributed by atoms with Crippen molar-refractivity contribution in [2.24, 2.45) is 5.41 Å². The molecule has 0 N–H and O–H groups in total. The van der Waals surface area contributed by atoms with E-state index < -0.39 is 22.7 Å². The van der Waals surface area contributed by atoms with Gasteiger partial charge in [-0.1, -0.05) is 25.3 Å². The Morgan fingerprint density at radius 3 is 2.39 bits per heavy atom. The van der Waals surface area contributed by atoms with Crippen molar-refractivity contribution >= 4 is 10.8 Å². The highest BCUT2D eigenvalue weighted by Crippen LogP contribution is 2.42. The first-order valence-electron chi connectivity index (χ1n) is 10.5. The van der Waals surface area contributed by atoms with E-state index in [4.69, 9.17) is 0 Å². The van der Waals surface area contributed by atoms with Gasteiger partial charge in [0.25, 0.3) is 0 Å². The van der Waals surface area contributed by atoms with E-state index in [0.717, 1.165) is 36.5 Å². The Labute approximate surface area is 167 Å². The number of hydrogen-bond acceptors (Lipinski definition) is 3. The minimum Gasteiger partial charge on any atom is -0.300 e. The number of pyridine rings is 1. The Morgan fingerprint density at radius 1 is 1.07 bits per heavy atom. The van der Waals surface area contributed by atoms with Crippen molar-refractivity contribution < 1.29 is 17.4 Å². The zero-order chi connectivity index (χ0) is 19.8. The molecule has 0 amide bonds. The average molecular weight is 415 g/mol. The van der Waals surface area contributed by atoms with E-state index in [9.17, 15) is 17.4 Å². The van der Waals surface area contributed by atoms with Gasteiger partial charge in [0.2, 0.25) is 0 Å². The molecule has 1 aromatic rings. The number of nitrogens with zero attached hydrogens (tertiary/aromatic N) is 2. The quantitative estimate of drug-likeness (QED) is 0.700. The second-order valence-electron chi connectivity index (χ2n) is 8.96. The second-order valence-corrected chi connectivity index (χ2v) is 10.4. The molecular formula is C21H29F3N2OS. The van der Waals surface area contributed by atoms with Crippen LogP contribution in [0.3, 0.4) is 0 Å². The Balaban J connectivity index is 0.000000139. The zero-order valence-corrected chi connectivity index (χ0v) is 17.0. The van der Waals surface area contributed by atoms with Crippen molar-refractivity contribution in [1.82, 2.24) is 9.88 Å². The van der Waals surface area contributed by atoms with Gasteiger partial charge in [0, 0.05) is 51.9 Å². The number of alkyl halides is 3. The second kappa shape index (κ2) is 8.05. The van der Waals surface area contributed by atoms with Gasteiger partial charge in [-0.15, -0.1) is 0 Å². The van der Waals surface area contributed by atoms with Gasteiger partial charge in [0.05, 0.1) is 0 Å². The summed E-state index contributed by atoms with van der Waals surface area (Å²) in [7, 11) is -0.468. The molecule has 0 unspecified atom stereocenters. The van der Waals surface area contributed by atoms with E-state index in [1.165, 1.54) is 57.7 Å². The molecule has 0 atom stereocenters. The number of likely N-dealkylation sites (tertiary alicyclic amines) is 1. The molecule has 1 aromatic heterocycles. The minimum absolute atomic E-state index is 0.266. The van der Waals surface area contributed by atoms with Crippen LogP contribution in [-0.4, -0.2) is 44.7 Å². The monoisotopic (exact) mass is 414 g/mol. The predicted octanol–water partition coefficient (Wildman–Crippen LogP) is 4.75. The van der Waals surface area contributed by atoms with E-state index in [-0.39, 0.29) is 5.92 Å². The first-order valence-corrected chi connectivity index (χ1v) is 12.0. The molecule has 5 rings (SSSR count). The standard InChI is InChI=1S/C12H21NOS.C9H8F3N/c14-15-9-12(10-15)6-7-13(8-12)11-4-2-1-3-5-11;10-9(11,12)8-3-1-2-7(13-8)6-4-5-6/h11H,1-10H2;1-3,6H,4-5H2. The SMILES string of the molecule is FC(F)(F)c1cccc(C2CC2)n1.O=S1CC2(CCN(C3CCCCC3)C2)C1. The first kappa shape index (κ1) is 20.3. The third-order valence-corrected chi connectivity index (χ3v) is 8.42. The molecule has 28 heavy (non-hydrogen) atoms. The third kappa shape index (κ3) is 4.78. The van der Waals surface area contributed by atoms with Crippen LogP contribution in [0.15, 0.2) is 18.2 Å². The van der Waals surface area contributed by atoms with Gasteiger partial charge in [-0.3, -0.25) is 9.11 Å². The molecule has 3 nitrogen and oxygen atoms in total. The van der Waals surface area contributed by atoms with Crippen LogP contribution in [0.1, 0.15) is 68.7 Å². The topological polar surface area (TPSA) is 33.2 Å². The van der Waals surface area contributed by atoms with Gasteiger partial charge in [-0.25, -0.2) is 4.98 Å². The Hall–Kier alpha value is -0.950. The molecule has 2 aliphatic carbocycles. The summed E-state index contributed by atoms with van der Waals surface area (Å²) in [6.07, 6.45) is 6.07. The van der Waals surface area contributed by atoms with E-state index in [1.54, 1.807) is 6.07 Å². The van der Waals surface area contributed by atoms with E-state index in [0.29, 0.717) is 11.1 Å². The van der Waals surface area contributed by atoms with Crippen molar-refractivity contribution in [2.45, 2.75) is 69.5 Å². The fourth-order valence-electron chi connectivity index (χ4n) is 4.82. The zero-order valence-electron chi connectivity index (χ0n) is 16.2. The number of rotatable bonds is 2. The molecule has 0 aromatic carbocycles. The fraction of sp³-hybridized carbons (Fsp3) is 0.762. The highest BCUT2D eigenvalue weighted by molar-refractivity contribution is 7.86. The summed E-state index contributed by atoms with van der Waals surface area (Å²) in [5, 5.41) is 0. The largest absolute Gasteiger partial charge is 0.433 e. The summed E-state index contributed by atoms with van der Waals surface area (Å²) in [6, 6.07) is 4.95. The maximum atomic E-state index is 12.2. The van der Waals surface area contributed by atoms with Crippen molar-refractivity contribution in [3.63, 3.8) is 0 Å². The minimum atomic E-state index is -4.31. The number of halogens is 3. The van der Waals surface area contributed by atoms with Crippen molar-refractivity contribution in [3.05, 3.63) is 29.6 Å². The lowest BCUT2D eigenvalue weighted by Gasteiger charge is -2.39. The number of aromatic nitrogens is 1. The van der Waals surface area contributed by atoms with E-state index in [1.807, 2.05) is 0 Å². The molecule has 4 fully saturated rings. The van der Waals surface area contributed by atoms with Gasteiger partial charge in [-0.2, -0.15) is 13.2 Å². The van der Waals surface area contributed by atoms with Crippen LogP contribution in [0, 0.1) is 5.41 Å². The van der Waals surface area contributed by atoms with Gasteiger partial charge in [0.1, 0.15) is 5.69 Å². The molecular weight excluding hydrogens is 385 g/mol. The van der Waals surface area contributed by atoms with Gasteiger partial charge in [0.15, 0.2) is 0 Å². The highest BCUT2D eigenvalue weighted by atomic mass is 32.2. The van der Waals surface area contributed by atoms with Crippen molar-refractivity contribution in [1.29, 1.82) is 0 Å². The Bertz CT molecular complexity index is 706. The maximum Gasteiger partial charge on any atom is 0.433 e. The fourth-order valence-corrected chi connectivity index (χ4v) is 6.57. The molecule has 1 spiro atoms. The van der Waals surface area contributed by atoms with Gasteiger partial charge >= 0.3 is 6.18 Å². The van der Waals surface area contributed by atoms with Gasteiger partial charge in [-0.05, 0) is 50.8 Å². The molecule has 2 saturated carbocycles. The molecule has 2 saturated heterocycles. The molecule has 156 valence electrons. The maximum absolute atomic E-state index is 12.2. The van der Waals surface area contributed by atoms with Crippen LogP contribution in [-0.2, 0) is 17.0 Å². The lowest BCUT2D eigenvalue weighted by atomic mass is 9.90. The molecule has 4 aliphatic rings. The first-order chi connectivity index (χ1) is 13.3. The molecule has 3 heterocycles. The lowest BCUT2D eigenvalue weighted by Crippen LogP contribution is -2.48. The third-order valence-electron chi connectivity index (χ3n) is 6.55. The summed E-state index contributed by atoms with van der Waals surface area (Å²) in [5.74, 6) is 2.26. The summed E-state index contributed by atoms with van der Waals surface area (Å²) >= 11 is 0. The van der Waals surface area contributed by atoms with Crippen molar-refractivity contribution in [2.75, 3.05) is 24.6 Å². The summed E-state index contributed by atoms with van der Waals surface area (Å²) in [4.78, 5) is 6.28. The summed E-state index contributed by atoms with van der Waals surface area (Å²) < 4.78 is 47.8. The van der Waals surface area contributed by atoms with Crippen LogP contribution in [0.4, 0.5) is 13.2 Å². The Kier molecular flexibility index (Phi) is 5.85. The molecule has 0 bridgehead atoms. The molecule has 2 aliphatic heterocycles. The molecule has 7 heteroatoms. The average Bonchev–Trinajstić information content (AvgIpc) is 3.42. The normalized spacial score (nSPS) is 31.3. The highest BCUT2D eigenvalue weighted by Gasteiger charge is 2.48. The van der Waals surface area contributed by atoms with Crippen LogP contribution in [0.5, 0.6) is 0 Å². The predicted molar refractivity (Wildman–Crippen MR) is 105 cm³/mol. The van der Waals surface area contributed by atoms with Crippen LogP contribution < -0.4 is 0 Å². The number of hydrogen-bond donors (Lipinski definition) is 0. The van der Waals surface area contributed by atoms with Crippen LogP contribution in [0.2, 0.25) is 0 Å². The molecule has 0 radical (unpaired) electrons. The summed E-state index contributed by atoms with van der Waals surface area (Å²) in [5.41, 5.74) is 0.286. The summed E-state index contributed by atoms with van der Waals surface area (Å²) in [6.45, 7) is 2.53. The van der Waals surface area contributed by atoms with Crippen LogP contribution >= 0.6 is 0 Å². The smallest absolute Gasteiger partial charge is 0.300 e. The van der Waals surface area contributed by atoms with Crippen molar-refractivity contribution in [3.8, 4) is 0 Å². The van der Waals surface area contributed by atoms with Gasteiger partial charge < -0.3 is 0 Å².